The van der Waals surface area contributed by atoms with Crippen LogP contribution < -0.4 is 15.5 Å². The highest BCUT2D eigenvalue weighted by molar-refractivity contribution is 5.96. The van der Waals surface area contributed by atoms with Gasteiger partial charge >= 0.3 is 0 Å². The number of hydrogen-bond donors (Lipinski definition) is 2. The van der Waals surface area contributed by atoms with Gasteiger partial charge in [-0.05, 0) is 43.9 Å². The first-order valence-electron chi connectivity index (χ1n) is 9.48. The Hall–Kier alpha value is -3.23. The van der Waals surface area contributed by atoms with Gasteiger partial charge in [0, 0.05) is 49.2 Å². The minimum Gasteiger partial charge on any atom is -0.377 e. The van der Waals surface area contributed by atoms with Gasteiger partial charge in [0.15, 0.2) is 0 Å². The molecule has 0 radical (unpaired) electrons. The first-order valence-corrected chi connectivity index (χ1v) is 9.48. The minimum absolute atomic E-state index is 0.0239. The number of aromatic nitrogens is 2. The van der Waals surface area contributed by atoms with Gasteiger partial charge in [0.25, 0.3) is 11.6 Å². The number of hydrogen-bond acceptors (Lipinski definition) is 7. The number of nitrogens with zero attached hydrogens (tertiary/aromatic N) is 4. The van der Waals surface area contributed by atoms with E-state index in [4.69, 9.17) is 0 Å². The van der Waals surface area contributed by atoms with Gasteiger partial charge in [0.1, 0.15) is 5.69 Å². The van der Waals surface area contributed by atoms with Crippen LogP contribution in [-0.4, -0.2) is 46.0 Å². The molecule has 1 saturated heterocycles. The number of nitrogens with one attached hydrogen (secondary N) is 2. The number of piperidine rings is 1. The van der Waals surface area contributed by atoms with Crippen LogP contribution in [0.4, 0.5) is 17.3 Å². The Balaban J connectivity index is 1.37. The van der Waals surface area contributed by atoms with Crippen LogP contribution in [0.5, 0.6) is 0 Å². The fraction of sp³-hybridized carbons (Fsp3) is 0.421. The normalized spacial score (nSPS) is 17.2. The summed E-state index contributed by atoms with van der Waals surface area (Å²) in [7, 11) is 0. The summed E-state index contributed by atoms with van der Waals surface area (Å²) < 4.78 is 0. The van der Waals surface area contributed by atoms with E-state index >= 15 is 0 Å². The minimum atomic E-state index is -0.445. The number of benzene rings is 1. The zero-order valence-electron chi connectivity index (χ0n) is 15.4. The molecule has 146 valence electrons. The van der Waals surface area contributed by atoms with Gasteiger partial charge in [-0.1, -0.05) is 0 Å². The molecule has 1 amide bonds. The van der Waals surface area contributed by atoms with Crippen LogP contribution >= 0.6 is 0 Å². The molecule has 0 unspecified atom stereocenters. The average Bonchev–Trinajstić information content (AvgIpc) is 3.53. The molecule has 0 spiro atoms. The summed E-state index contributed by atoms with van der Waals surface area (Å²) in [6.07, 6.45) is 7.01. The molecule has 9 heteroatoms. The second kappa shape index (κ2) is 7.79. The van der Waals surface area contributed by atoms with E-state index < -0.39 is 4.92 Å². The lowest BCUT2D eigenvalue weighted by molar-refractivity contribution is -0.384. The van der Waals surface area contributed by atoms with Gasteiger partial charge in [0.05, 0.1) is 4.92 Å². The van der Waals surface area contributed by atoms with Crippen molar-refractivity contribution in [2.24, 2.45) is 0 Å². The summed E-state index contributed by atoms with van der Waals surface area (Å²) >= 11 is 0. The molecule has 2 aliphatic rings. The fourth-order valence-electron chi connectivity index (χ4n) is 3.34. The summed E-state index contributed by atoms with van der Waals surface area (Å²) in [6.45, 7) is 1.50. The van der Waals surface area contributed by atoms with Gasteiger partial charge in [-0.3, -0.25) is 14.9 Å². The van der Waals surface area contributed by atoms with Crippen LogP contribution in [0.15, 0.2) is 36.7 Å². The van der Waals surface area contributed by atoms with E-state index in [-0.39, 0.29) is 17.6 Å². The van der Waals surface area contributed by atoms with E-state index in [1.807, 2.05) is 0 Å². The molecule has 4 rings (SSSR count). The molecule has 1 aliphatic heterocycles. The molecule has 2 fully saturated rings. The second-order valence-electron chi connectivity index (χ2n) is 7.19. The number of amides is 1. The Kier molecular flexibility index (Phi) is 5.05. The monoisotopic (exact) mass is 382 g/mol. The molecule has 2 aromatic rings. The maximum absolute atomic E-state index is 12.6. The Morgan fingerprint density at radius 1 is 1.11 bits per heavy atom. The number of nitro benzene ring substituents is 1. The van der Waals surface area contributed by atoms with E-state index in [0.29, 0.717) is 23.2 Å². The molecule has 1 aromatic heterocycles. The average molecular weight is 382 g/mol. The van der Waals surface area contributed by atoms with Gasteiger partial charge in [-0.15, -0.1) is 0 Å². The van der Waals surface area contributed by atoms with Gasteiger partial charge in [-0.2, -0.15) is 0 Å². The predicted octanol–water partition coefficient (Wildman–Crippen LogP) is 2.36. The smallest absolute Gasteiger partial charge is 0.293 e. The van der Waals surface area contributed by atoms with Crippen LogP contribution in [0.1, 0.15) is 36.0 Å². The molecular weight excluding hydrogens is 360 g/mol. The van der Waals surface area contributed by atoms with Gasteiger partial charge in [0.2, 0.25) is 5.95 Å². The van der Waals surface area contributed by atoms with Crippen LogP contribution in [-0.2, 0) is 0 Å². The van der Waals surface area contributed by atoms with E-state index in [9.17, 15) is 14.9 Å². The Labute approximate surface area is 162 Å². The third kappa shape index (κ3) is 4.19. The molecule has 2 N–H and O–H groups in total. The first-order chi connectivity index (χ1) is 13.6. The summed E-state index contributed by atoms with van der Waals surface area (Å²) in [6, 6.07) is 6.72. The van der Waals surface area contributed by atoms with Crippen LogP contribution in [0, 0.1) is 10.1 Å². The second-order valence-corrected chi connectivity index (χ2v) is 7.19. The molecule has 28 heavy (non-hydrogen) atoms. The number of nitro groups is 1. The number of carbonyl (C=O) groups excluding carboxylic acids is 1. The lowest BCUT2D eigenvalue weighted by atomic mass is 10.0. The summed E-state index contributed by atoms with van der Waals surface area (Å²) in [4.78, 5) is 34.1. The molecule has 0 atom stereocenters. The SMILES string of the molecule is O=C(NC1CCN(c2ncccn2)CC1)c1ccc(NC2CC2)c([N+](=O)[O-])c1. The van der Waals surface area contributed by atoms with Crippen molar-refractivity contribution in [3.63, 3.8) is 0 Å². The van der Waals surface area contributed by atoms with Gasteiger partial charge < -0.3 is 15.5 Å². The van der Waals surface area contributed by atoms with Crippen molar-refractivity contribution in [3.8, 4) is 0 Å². The maximum atomic E-state index is 12.6. The van der Waals surface area contributed by atoms with E-state index in [0.717, 1.165) is 38.8 Å². The zero-order valence-corrected chi connectivity index (χ0v) is 15.4. The summed E-state index contributed by atoms with van der Waals surface area (Å²) in [5.41, 5.74) is 0.720. The van der Waals surface area contributed by atoms with Crippen LogP contribution in [0.2, 0.25) is 0 Å². The topological polar surface area (TPSA) is 113 Å². The maximum Gasteiger partial charge on any atom is 0.293 e. The standard InChI is InChI=1S/C19H22N6O3/c26-18(13-2-5-16(22-14-3-4-14)17(12-13)25(27)28)23-15-6-10-24(11-7-15)19-20-8-1-9-21-19/h1-2,5,8-9,12,14-15,22H,3-4,6-7,10-11H2,(H,23,26). The zero-order chi connectivity index (χ0) is 19.5. The van der Waals surface area contributed by atoms with Crippen molar-refractivity contribution in [1.82, 2.24) is 15.3 Å². The van der Waals surface area contributed by atoms with Crippen molar-refractivity contribution in [2.75, 3.05) is 23.3 Å². The molecule has 1 saturated carbocycles. The molecule has 0 bridgehead atoms. The molecule has 2 heterocycles. The highest BCUT2D eigenvalue weighted by Crippen LogP contribution is 2.31. The quantitative estimate of drug-likeness (QED) is 0.582. The van der Waals surface area contributed by atoms with Crippen molar-refractivity contribution in [1.29, 1.82) is 0 Å². The Morgan fingerprint density at radius 3 is 2.46 bits per heavy atom. The highest BCUT2D eigenvalue weighted by Gasteiger charge is 2.27. The summed E-state index contributed by atoms with van der Waals surface area (Å²) in [5.74, 6) is 0.414. The van der Waals surface area contributed by atoms with E-state index in [1.54, 1.807) is 30.6 Å². The largest absolute Gasteiger partial charge is 0.377 e. The number of rotatable bonds is 6. The van der Waals surface area contributed by atoms with Gasteiger partial charge in [-0.25, -0.2) is 9.97 Å². The lowest BCUT2D eigenvalue weighted by Crippen LogP contribution is -2.45. The lowest BCUT2D eigenvalue weighted by Gasteiger charge is -2.32. The third-order valence-corrected chi connectivity index (χ3v) is 5.06. The Bertz CT molecular complexity index is 863. The molecule has 9 nitrogen and oxygen atoms in total. The van der Waals surface area contributed by atoms with Crippen LogP contribution in [0.3, 0.4) is 0 Å². The van der Waals surface area contributed by atoms with Crippen molar-refractivity contribution in [2.45, 2.75) is 37.8 Å². The van der Waals surface area contributed by atoms with E-state index in [2.05, 4.69) is 25.5 Å². The third-order valence-electron chi connectivity index (χ3n) is 5.06. The van der Waals surface area contributed by atoms with Crippen molar-refractivity contribution >= 4 is 23.2 Å². The molecule has 1 aliphatic carbocycles. The number of carbonyl (C=O) groups is 1. The highest BCUT2D eigenvalue weighted by atomic mass is 16.6. The Morgan fingerprint density at radius 2 is 1.82 bits per heavy atom. The molecular formula is C19H22N6O3. The first kappa shape index (κ1) is 18.1. The van der Waals surface area contributed by atoms with Crippen LogP contribution in [0.25, 0.3) is 0 Å². The fourth-order valence-corrected chi connectivity index (χ4v) is 3.34. The summed E-state index contributed by atoms with van der Waals surface area (Å²) in [5, 5.41) is 17.5. The number of anilines is 2. The predicted molar refractivity (Wildman–Crippen MR) is 104 cm³/mol. The van der Waals surface area contributed by atoms with Crippen molar-refractivity contribution < 1.29 is 9.72 Å². The molecule has 1 aromatic carbocycles. The van der Waals surface area contributed by atoms with Crippen molar-refractivity contribution in [3.05, 3.63) is 52.3 Å². The van der Waals surface area contributed by atoms with E-state index in [1.165, 1.54) is 6.07 Å².